The minimum atomic E-state index is -0.416. The van der Waals surface area contributed by atoms with Gasteiger partial charge in [0.25, 0.3) is 0 Å². The average Bonchev–Trinajstić information content (AvgIpc) is 3.15. The lowest BCUT2D eigenvalue weighted by Gasteiger charge is -2.18. The van der Waals surface area contributed by atoms with Gasteiger partial charge in [-0.25, -0.2) is 9.78 Å². The molecule has 0 unspecified atom stereocenters. The molecule has 7 heteroatoms. The summed E-state index contributed by atoms with van der Waals surface area (Å²) in [6.45, 7) is 3.63. The van der Waals surface area contributed by atoms with Gasteiger partial charge in [-0.2, -0.15) is 0 Å². The van der Waals surface area contributed by atoms with Crippen LogP contribution in [0.5, 0.6) is 0 Å². The molecule has 0 saturated heterocycles. The summed E-state index contributed by atoms with van der Waals surface area (Å²) in [7, 11) is 0. The number of aromatic nitrogens is 1. The third kappa shape index (κ3) is 4.85. The fourth-order valence-corrected chi connectivity index (χ4v) is 3.72. The Morgan fingerprint density at radius 2 is 1.79 bits per heavy atom. The molecule has 0 spiro atoms. The molecule has 144 valence electrons. The lowest BCUT2D eigenvalue weighted by Crippen LogP contribution is -2.22. The highest BCUT2D eigenvalue weighted by Gasteiger charge is 2.18. The quantitative estimate of drug-likeness (QED) is 0.456. The first-order valence-electron chi connectivity index (χ1n) is 8.74. The van der Waals surface area contributed by atoms with Crippen LogP contribution in [0.1, 0.15) is 35.5 Å². The Morgan fingerprint density at radius 1 is 1.11 bits per heavy atom. The molecule has 1 aromatic heterocycles. The van der Waals surface area contributed by atoms with Crippen molar-refractivity contribution in [2.45, 2.75) is 26.9 Å². The highest BCUT2D eigenvalue weighted by atomic mass is 79.9. The van der Waals surface area contributed by atoms with Gasteiger partial charge in [0, 0.05) is 16.8 Å². The number of carbonyl (C=O) groups excluding carboxylic acids is 2. The number of ether oxygens (including phenoxy) is 1. The van der Waals surface area contributed by atoms with E-state index in [1.807, 2.05) is 24.3 Å². The lowest BCUT2D eigenvalue weighted by atomic mass is 10.1. The molecule has 0 radical (unpaired) electrons. The smallest absolute Gasteiger partial charge is 0.338 e. The van der Waals surface area contributed by atoms with E-state index < -0.39 is 5.97 Å². The fraction of sp³-hybridized carbons (Fsp3) is 0.190. The number of aryl methyl sites for hydroxylation is 1. The van der Waals surface area contributed by atoms with E-state index in [1.165, 1.54) is 23.8 Å². The number of carbonyl (C=O) groups is 2. The summed E-state index contributed by atoms with van der Waals surface area (Å²) < 4.78 is 6.22. The van der Waals surface area contributed by atoms with Crippen LogP contribution in [-0.4, -0.2) is 16.9 Å². The van der Waals surface area contributed by atoms with E-state index in [4.69, 9.17) is 4.74 Å². The summed E-state index contributed by atoms with van der Waals surface area (Å²) in [5, 5.41) is 2.34. The largest absolute Gasteiger partial charge is 0.456 e. The topological polar surface area (TPSA) is 59.5 Å². The second-order valence-electron chi connectivity index (χ2n) is 6.08. The maximum Gasteiger partial charge on any atom is 0.338 e. The van der Waals surface area contributed by atoms with Gasteiger partial charge >= 0.3 is 5.97 Å². The zero-order valence-electron chi connectivity index (χ0n) is 15.5. The van der Waals surface area contributed by atoms with Crippen molar-refractivity contribution < 1.29 is 14.3 Å². The first kappa shape index (κ1) is 20.2. The molecule has 0 N–H and O–H groups in total. The van der Waals surface area contributed by atoms with Gasteiger partial charge in [-0.3, -0.25) is 9.69 Å². The van der Waals surface area contributed by atoms with E-state index in [1.54, 1.807) is 34.5 Å². The molecule has 0 fully saturated rings. The number of halogens is 1. The van der Waals surface area contributed by atoms with Crippen molar-refractivity contribution in [3.05, 3.63) is 75.2 Å². The number of hydrogen-bond acceptors (Lipinski definition) is 5. The van der Waals surface area contributed by atoms with Gasteiger partial charge < -0.3 is 4.74 Å². The van der Waals surface area contributed by atoms with Gasteiger partial charge in [0.05, 0.1) is 16.9 Å². The maximum atomic E-state index is 12.2. The Hall–Kier alpha value is -2.51. The van der Waals surface area contributed by atoms with Crippen molar-refractivity contribution in [1.29, 1.82) is 0 Å². The van der Waals surface area contributed by atoms with E-state index in [0.717, 1.165) is 16.6 Å². The number of rotatable bonds is 6. The summed E-state index contributed by atoms with van der Waals surface area (Å²) in [4.78, 5) is 30.4. The second kappa shape index (κ2) is 9.12. The number of hydrogen-bond donors (Lipinski definition) is 0. The number of amides is 1. The molecule has 0 bridgehead atoms. The van der Waals surface area contributed by atoms with Crippen LogP contribution in [0.4, 0.5) is 10.8 Å². The molecule has 1 heterocycles. The molecule has 2 aromatic carbocycles. The third-order valence-electron chi connectivity index (χ3n) is 4.08. The first-order valence-corrected chi connectivity index (χ1v) is 10.4. The molecule has 0 aliphatic rings. The van der Waals surface area contributed by atoms with Crippen LogP contribution in [0.3, 0.4) is 0 Å². The van der Waals surface area contributed by atoms with Crippen LogP contribution in [0, 0.1) is 0 Å². The highest BCUT2D eigenvalue weighted by molar-refractivity contribution is 9.10. The Labute approximate surface area is 176 Å². The zero-order chi connectivity index (χ0) is 20.1. The van der Waals surface area contributed by atoms with E-state index >= 15 is 0 Å². The van der Waals surface area contributed by atoms with Crippen LogP contribution in [0.2, 0.25) is 0 Å². The number of esters is 1. The molecule has 3 rings (SSSR count). The summed E-state index contributed by atoms with van der Waals surface area (Å²) in [6, 6.07) is 14.8. The molecule has 0 atom stereocenters. The fourth-order valence-electron chi connectivity index (χ4n) is 2.58. The van der Waals surface area contributed by atoms with Crippen molar-refractivity contribution in [1.82, 2.24) is 4.98 Å². The van der Waals surface area contributed by atoms with Gasteiger partial charge in [-0.1, -0.05) is 35.0 Å². The SMILES string of the molecule is CCc1ccc(N(C(C)=O)c2nc(COC(=O)c3ccc(Br)cc3)cs2)cc1. The molecule has 0 aliphatic heterocycles. The van der Waals surface area contributed by atoms with E-state index in [2.05, 4.69) is 27.8 Å². The molecular weight excluding hydrogens is 440 g/mol. The molecule has 3 aromatic rings. The minimum absolute atomic E-state index is 0.0475. The van der Waals surface area contributed by atoms with Gasteiger partial charge in [0.15, 0.2) is 5.13 Å². The highest BCUT2D eigenvalue weighted by Crippen LogP contribution is 2.29. The van der Waals surface area contributed by atoms with Gasteiger partial charge in [0.2, 0.25) is 5.91 Å². The average molecular weight is 459 g/mol. The summed E-state index contributed by atoms with van der Waals surface area (Å²) in [5.74, 6) is -0.544. The van der Waals surface area contributed by atoms with Crippen molar-refractivity contribution in [2.24, 2.45) is 0 Å². The zero-order valence-corrected chi connectivity index (χ0v) is 17.9. The monoisotopic (exact) mass is 458 g/mol. The lowest BCUT2D eigenvalue weighted by molar-refractivity contribution is -0.115. The minimum Gasteiger partial charge on any atom is -0.456 e. The molecule has 0 saturated carbocycles. The molecule has 5 nitrogen and oxygen atoms in total. The summed E-state index contributed by atoms with van der Waals surface area (Å²) in [5.41, 5.74) is 3.03. The second-order valence-corrected chi connectivity index (χ2v) is 7.83. The Morgan fingerprint density at radius 3 is 2.39 bits per heavy atom. The number of anilines is 2. The van der Waals surface area contributed by atoms with Gasteiger partial charge in [-0.05, 0) is 48.4 Å². The molecule has 28 heavy (non-hydrogen) atoms. The number of nitrogens with zero attached hydrogens (tertiary/aromatic N) is 2. The third-order valence-corrected chi connectivity index (χ3v) is 5.48. The van der Waals surface area contributed by atoms with Gasteiger partial charge in [-0.15, -0.1) is 11.3 Å². The Bertz CT molecular complexity index is 968. The van der Waals surface area contributed by atoms with Crippen molar-refractivity contribution in [3.63, 3.8) is 0 Å². The Kier molecular flexibility index (Phi) is 6.59. The standard InChI is InChI=1S/C21H19BrN2O3S/c1-3-15-4-10-19(11-5-15)24(14(2)25)21-23-18(13-28-21)12-27-20(26)16-6-8-17(22)9-7-16/h4-11,13H,3,12H2,1-2H3. The van der Waals surface area contributed by atoms with Crippen LogP contribution in [-0.2, 0) is 22.6 Å². The van der Waals surface area contributed by atoms with E-state index in [0.29, 0.717) is 16.4 Å². The van der Waals surface area contributed by atoms with Crippen molar-refractivity contribution in [2.75, 3.05) is 4.90 Å². The number of benzene rings is 2. The predicted molar refractivity (Wildman–Crippen MR) is 114 cm³/mol. The Balaban J connectivity index is 1.71. The maximum absolute atomic E-state index is 12.2. The first-order chi connectivity index (χ1) is 13.5. The molecule has 0 aliphatic carbocycles. The van der Waals surface area contributed by atoms with Crippen LogP contribution < -0.4 is 4.90 Å². The van der Waals surface area contributed by atoms with E-state index in [-0.39, 0.29) is 12.5 Å². The van der Waals surface area contributed by atoms with Crippen LogP contribution >= 0.6 is 27.3 Å². The predicted octanol–water partition coefficient (Wildman–Crippen LogP) is 5.51. The van der Waals surface area contributed by atoms with Crippen LogP contribution in [0.25, 0.3) is 0 Å². The normalized spacial score (nSPS) is 10.5. The van der Waals surface area contributed by atoms with Crippen molar-refractivity contribution >= 4 is 50.0 Å². The molecule has 1 amide bonds. The van der Waals surface area contributed by atoms with E-state index in [9.17, 15) is 9.59 Å². The number of thiazole rings is 1. The van der Waals surface area contributed by atoms with Gasteiger partial charge in [0.1, 0.15) is 6.61 Å². The van der Waals surface area contributed by atoms with Crippen LogP contribution in [0.15, 0.2) is 58.4 Å². The summed E-state index contributed by atoms with van der Waals surface area (Å²) in [6.07, 6.45) is 0.936. The summed E-state index contributed by atoms with van der Waals surface area (Å²) >= 11 is 4.67. The van der Waals surface area contributed by atoms with Crippen molar-refractivity contribution in [3.8, 4) is 0 Å². The molecular formula is C21H19BrN2O3S.